The fourth-order valence-electron chi connectivity index (χ4n) is 3.37. The fourth-order valence-corrected chi connectivity index (χ4v) is 3.37. The first-order valence-electron chi connectivity index (χ1n) is 7.55. The van der Waals surface area contributed by atoms with Crippen molar-refractivity contribution in [1.82, 2.24) is 4.90 Å². The first-order chi connectivity index (χ1) is 8.69. The summed E-state index contributed by atoms with van der Waals surface area (Å²) in [4.78, 5) is 15.2. The van der Waals surface area contributed by atoms with Crippen LogP contribution in [-0.4, -0.2) is 42.5 Å². The third kappa shape index (κ3) is 2.77. The molecule has 1 aliphatic carbocycles. The van der Waals surface area contributed by atoms with E-state index in [9.17, 15) is 4.79 Å². The minimum absolute atomic E-state index is 0.132. The number of ether oxygens (including phenoxy) is 1. The average molecular weight is 253 g/mol. The Balaban J connectivity index is 2.07. The Kier molecular flexibility index (Phi) is 4.79. The highest BCUT2D eigenvalue weighted by Crippen LogP contribution is 2.38. The maximum absolute atomic E-state index is 12.8. The van der Waals surface area contributed by atoms with Crippen molar-refractivity contribution in [3.63, 3.8) is 0 Å². The van der Waals surface area contributed by atoms with Crippen molar-refractivity contribution in [3.8, 4) is 0 Å². The summed E-state index contributed by atoms with van der Waals surface area (Å²) in [7, 11) is 0. The number of rotatable bonds is 5. The van der Waals surface area contributed by atoms with Gasteiger partial charge in [-0.2, -0.15) is 0 Å². The summed E-state index contributed by atoms with van der Waals surface area (Å²) in [6, 6.07) is 0. The van der Waals surface area contributed by atoms with Crippen LogP contribution in [0.25, 0.3) is 0 Å². The van der Waals surface area contributed by atoms with Crippen molar-refractivity contribution < 1.29 is 9.53 Å². The Hall–Kier alpha value is -0.410. The monoisotopic (exact) mass is 253 g/mol. The van der Waals surface area contributed by atoms with Gasteiger partial charge >= 0.3 is 0 Å². The third-order valence-electron chi connectivity index (χ3n) is 4.80. The minimum Gasteiger partial charge on any atom is -0.379 e. The Labute approximate surface area is 111 Å². The number of hydrogen-bond donors (Lipinski definition) is 0. The van der Waals surface area contributed by atoms with Crippen molar-refractivity contribution in [2.45, 2.75) is 57.9 Å². The molecule has 1 unspecified atom stereocenters. The quantitative estimate of drug-likeness (QED) is 0.754. The topological polar surface area (TPSA) is 29.5 Å². The van der Waals surface area contributed by atoms with Crippen LogP contribution in [0.3, 0.4) is 0 Å². The maximum Gasteiger partial charge on any atom is 0.153 e. The molecular weight excluding hydrogens is 226 g/mol. The number of morpholine rings is 1. The average Bonchev–Trinajstić information content (AvgIpc) is 2.90. The van der Waals surface area contributed by atoms with Gasteiger partial charge in [-0.25, -0.2) is 0 Å². The standard InChI is InChI=1S/C15H27NO2/c1-3-13(2)12-14(17)15(6-4-5-7-15)16-8-10-18-11-9-16/h13H,3-12H2,1-2H3. The highest BCUT2D eigenvalue weighted by atomic mass is 16.5. The van der Waals surface area contributed by atoms with Crippen LogP contribution in [-0.2, 0) is 9.53 Å². The predicted molar refractivity (Wildman–Crippen MR) is 72.7 cm³/mol. The molecule has 2 rings (SSSR count). The molecule has 104 valence electrons. The third-order valence-corrected chi connectivity index (χ3v) is 4.80. The zero-order chi connectivity index (χ0) is 13.0. The summed E-state index contributed by atoms with van der Waals surface area (Å²) in [6.07, 6.45) is 6.43. The molecule has 0 radical (unpaired) electrons. The zero-order valence-electron chi connectivity index (χ0n) is 11.9. The van der Waals surface area contributed by atoms with Crippen molar-refractivity contribution >= 4 is 5.78 Å². The molecule has 1 saturated carbocycles. The highest BCUT2D eigenvalue weighted by Gasteiger charge is 2.45. The van der Waals surface area contributed by atoms with Crippen LogP contribution >= 0.6 is 0 Å². The summed E-state index contributed by atoms with van der Waals surface area (Å²) in [5, 5.41) is 0. The van der Waals surface area contributed by atoms with Crippen LogP contribution < -0.4 is 0 Å². The van der Waals surface area contributed by atoms with Gasteiger partial charge in [-0.3, -0.25) is 9.69 Å². The molecule has 1 atom stereocenters. The van der Waals surface area contributed by atoms with Gasteiger partial charge in [-0.15, -0.1) is 0 Å². The number of Topliss-reactive ketones (excluding diaryl/α,β-unsaturated/α-hetero) is 1. The summed E-state index contributed by atoms with van der Waals surface area (Å²) < 4.78 is 5.43. The molecule has 0 aromatic carbocycles. The van der Waals surface area contributed by atoms with E-state index in [1.165, 1.54) is 12.8 Å². The number of hydrogen-bond acceptors (Lipinski definition) is 3. The lowest BCUT2D eigenvalue weighted by Crippen LogP contribution is -2.56. The van der Waals surface area contributed by atoms with Crippen LogP contribution in [0.2, 0.25) is 0 Å². The van der Waals surface area contributed by atoms with Crippen molar-refractivity contribution in [3.05, 3.63) is 0 Å². The van der Waals surface area contributed by atoms with E-state index in [4.69, 9.17) is 4.74 Å². The molecule has 3 nitrogen and oxygen atoms in total. The Morgan fingerprint density at radius 2 is 1.89 bits per heavy atom. The van der Waals surface area contributed by atoms with Gasteiger partial charge in [0.25, 0.3) is 0 Å². The van der Waals surface area contributed by atoms with Gasteiger partial charge in [-0.1, -0.05) is 33.1 Å². The molecule has 2 aliphatic rings. The van der Waals surface area contributed by atoms with Crippen LogP contribution in [0, 0.1) is 5.92 Å². The molecule has 0 amide bonds. The van der Waals surface area contributed by atoms with Gasteiger partial charge in [-0.05, 0) is 18.8 Å². The van der Waals surface area contributed by atoms with E-state index in [1.807, 2.05) is 0 Å². The summed E-state index contributed by atoms with van der Waals surface area (Å²) in [5.41, 5.74) is -0.132. The molecule has 0 N–H and O–H groups in total. The molecule has 2 fully saturated rings. The maximum atomic E-state index is 12.8. The van der Waals surface area contributed by atoms with Gasteiger partial charge in [0, 0.05) is 19.5 Å². The van der Waals surface area contributed by atoms with E-state index in [2.05, 4.69) is 18.7 Å². The number of carbonyl (C=O) groups is 1. The number of nitrogens with zero attached hydrogens (tertiary/aromatic N) is 1. The second-order valence-corrected chi connectivity index (χ2v) is 5.98. The lowest BCUT2D eigenvalue weighted by Gasteiger charge is -2.42. The van der Waals surface area contributed by atoms with E-state index in [0.29, 0.717) is 11.7 Å². The van der Waals surface area contributed by atoms with Crippen LogP contribution in [0.5, 0.6) is 0 Å². The van der Waals surface area contributed by atoms with E-state index in [0.717, 1.165) is 52.0 Å². The van der Waals surface area contributed by atoms with Gasteiger partial charge in [0.2, 0.25) is 0 Å². The molecule has 0 aromatic heterocycles. The molecule has 1 saturated heterocycles. The molecular formula is C15H27NO2. The van der Waals surface area contributed by atoms with Crippen LogP contribution in [0.15, 0.2) is 0 Å². The fraction of sp³-hybridized carbons (Fsp3) is 0.933. The van der Waals surface area contributed by atoms with E-state index in [1.54, 1.807) is 0 Å². The zero-order valence-corrected chi connectivity index (χ0v) is 11.9. The first kappa shape index (κ1) is 14.0. The highest BCUT2D eigenvalue weighted by molar-refractivity contribution is 5.89. The lowest BCUT2D eigenvalue weighted by atomic mass is 9.84. The lowest BCUT2D eigenvalue weighted by molar-refractivity contribution is -0.135. The van der Waals surface area contributed by atoms with Gasteiger partial charge in [0.1, 0.15) is 0 Å². The van der Waals surface area contributed by atoms with Crippen LogP contribution in [0.4, 0.5) is 0 Å². The largest absolute Gasteiger partial charge is 0.379 e. The van der Waals surface area contributed by atoms with Gasteiger partial charge in [0.15, 0.2) is 5.78 Å². The Bertz CT molecular complexity index is 278. The summed E-state index contributed by atoms with van der Waals surface area (Å²) in [5.74, 6) is 1.02. The molecule has 18 heavy (non-hydrogen) atoms. The van der Waals surface area contributed by atoms with Crippen LogP contribution in [0.1, 0.15) is 52.4 Å². The second-order valence-electron chi connectivity index (χ2n) is 5.98. The number of ketones is 1. The van der Waals surface area contributed by atoms with Gasteiger partial charge < -0.3 is 4.74 Å². The molecule has 0 bridgehead atoms. The van der Waals surface area contributed by atoms with E-state index >= 15 is 0 Å². The predicted octanol–water partition coefficient (Wildman–Crippen LogP) is 2.64. The molecule has 1 heterocycles. The Morgan fingerprint density at radius 1 is 1.28 bits per heavy atom. The minimum atomic E-state index is -0.132. The first-order valence-corrected chi connectivity index (χ1v) is 7.55. The molecule has 0 aromatic rings. The SMILES string of the molecule is CCC(C)CC(=O)C1(N2CCOCC2)CCCC1. The molecule has 1 aliphatic heterocycles. The second kappa shape index (κ2) is 6.16. The smallest absolute Gasteiger partial charge is 0.153 e. The van der Waals surface area contributed by atoms with Crippen molar-refractivity contribution in [2.24, 2.45) is 5.92 Å². The van der Waals surface area contributed by atoms with E-state index < -0.39 is 0 Å². The molecule has 0 spiro atoms. The number of carbonyl (C=O) groups excluding carboxylic acids is 1. The normalized spacial score (nSPS) is 26.1. The van der Waals surface area contributed by atoms with Gasteiger partial charge in [0.05, 0.1) is 18.8 Å². The Morgan fingerprint density at radius 3 is 2.44 bits per heavy atom. The van der Waals surface area contributed by atoms with E-state index in [-0.39, 0.29) is 5.54 Å². The summed E-state index contributed by atoms with van der Waals surface area (Å²) >= 11 is 0. The van der Waals surface area contributed by atoms with Crippen molar-refractivity contribution in [1.29, 1.82) is 0 Å². The summed E-state index contributed by atoms with van der Waals surface area (Å²) in [6.45, 7) is 7.82. The molecule has 3 heteroatoms. The van der Waals surface area contributed by atoms with Crippen molar-refractivity contribution in [2.75, 3.05) is 26.3 Å².